The number of carbonyl (C=O) groups is 3. The molecule has 3 N–H and O–H groups in total. The summed E-state index contributed by atoms with van der Waals surface area (Å²) in [7, 11) is 4.63. The van der Waals surface area contributed by atoms with Gasteiger partial charge in [-0.15, -0.1) is 0 Å². The number of amides is 3. The van der Waals surface area contributed by atoms with Gasteiger partial charge in [0, 0.05) is 39.1 Å². The lowest BCUT2D eigenvalue weighted by Gasteiger charge is -2.46. The van der Waals surface area contributed by atoms with Crippen LogP contribution in [0.2, 0.25) is 0 Å². The quantitative estimate of drug-likeness (QED) is 0.385. The maximum Gasteiger partial charge on any atom is 0.343 e. The number of likely N-dealkylation sites (N-methyl/N-ethyl adjacent to an activating group) is 2. The number of aliphatic hydroxyl groups excluding tert-OH is 1. The second-order valence-corrected chi connectivity index (χ2v) is 14.8. The number of hydrogen-bond donors (Lipinski definition) is 3. The molecule has 3 aliphatic carbocycles. The van der Waals surface area contributed by atoms with E-state index < -0.39 is 82.8 Å². The van der Waals surface area contributed by atoms with Crippen molar-refractivity contribution in [3.8, 4) is 0 Å². The molecular weight excluding hydrogens is 615 g/mol. The molecule has 9 atom stereocenters. The van der Waals surface area contributed by atoms with Crippen molar-refractivity contribution < 1.29 is 41.9 Å². The predicted molar refractivity (Wildman–Crippen MR) is 168 cm³/mol. The first-order valence-electron chi connectivity index (χ1n) is 17.0. The Morgan fingerprint density at radius 3 is 2.43 bits per heavy atom. The minimum absolute atomic E-state index is 0.0667. The lowest BCUT2D eigenvalue weighted by Crippen LogP contribution is -2.70. The highest BCUT2D eigenvalue weighted by molar-refractivity contribution is 5.95. The molecule has 4 fully saturated rings. The second kappa shape index (κ2) is 12.7. The highest BCUT2D eigenvalue weighted by atomic mass is 19.1. The third kappa shape index (κ3) is 6.11. The maximum absolute atomic E-state index is 17.2. The van der Waals surface area contributed by atoms with Crippen LogP contribution >= 0.6 is 0 Å². The molecule has 3 amide bonds. The van der Waals surface area contributed by atoms with Gasteiger partial charge in [0.25, 0.3) is 5.91 Å². The monoisotopic (exact) mass is 664 g/mol. The Hall–Kier alpha value is -2.58. The molecule has 1 aromatic carbocycles. The van der Waals surface area contributed by atoms with Gasteiger partial charge >= 0.3 is 5.91 Å². The number of hydrogen-bond acceptors (Lipinski definition) is 7. The number of anilines is 1. The van der Waals surface area contributed by atoms with Crippen LogP contribution in [0.1, 0.15) is 57.4 Å². The molecule has 2 bridgehead atoms. The molecular formula is C34H49F3N5O5+. The Bertz CT molecular complexity index is 1380. The summed E-state index contributed by atoms with van der Waals surface area (Å²) in [6.45, 7) is 3.28. The van der Waals surface area contributed by atoms with Gasteiger partial charge in [0.2, 0.25) is 11.6 Å². The molecule has 13 heteroatoms. The van der Waals surface area contributed by atoms with Crippen molar-refractivity contribution in [3.63, 3.8) is 0 Å². The van der Waals surface area contributed by atoms with Crippen LogP contribution in [-0.4, -0.2) is 127 Å². The van der Waals surface area contributed by atoms with E-state index in [9.17, 15) is 23.9 Å². The molecule has 47 heavy (non-hydrogen) atoms. The molecule has 1 saturated heterocycles. The second-order valence-electron chi connectivity index (χ2n) is 14.8. The zero-order valence-corrected chi connectivity index (χ0v) is 27.9. The first-order chi connectivity index (χ1) is 22.3. The van der Waals surface area contributed by atoms with Gasteiger partial charge in [-0.1, -0.05) is 13.0 Å². The van der Waals surface area contributed by atoms with Crippen molar-refractivity contribution in [3.05, 3.63) is 29.6 Å². The SMILES string of the molecule is CO[C@@H](C)C(=O)[N+]1(C)C2CC2(F)C(O)N[C@@H](C(C2CC2)C2CC2)C(=O)Nc2ccc(cc2F)[C@H](C)[C@@H]1C(=O)N1CCN(C)C(CF)C1. The van der Waals surface area contributed by atoms with E-state index in [1.807, 2.05) is 4.90 Å². The molecule has 6 aliphatic rings. The number of fused-ring (bicyclic) bond motifs is 8. The van der Waals surface area contributed by atoms with E-state index in [1.165, 1.54) is 38.1 Å². The van der Waals surface area contributed by atoms with Gasteiger partial charge in [-0.05, 0) is 75.1 Å². The number of halogens is 3. The third-order valence-electron chi connectivity index (χ3n) is 11.9. The van der Waals surface area contributed by atoms with E-state index in [0.29, 0.717) is 12.1 Å². The Balaban J connectivity index is 1.47. The van der Waals surface area contributed by atoms with Crippen LogP contribution in [0.15, 0.2) is 18.2 Å². The number of piperazine rings is 1. The van der Waals surface area contributed by atoms with E-state index in [-0.39, 0.29) is 43.0 Å². The highest BCUT2D eigenvalue weighted by Crippen LogP contribution is 2.54. The number of ether oxygens (including phenoxy) is 1. The molecule has 7 rings (SSSR count). The number of nitrogens with one attached hydrogen (secondary N) is 2. The van der Waals surface area contributed by atoms with Crippen molar-refractivity contribution >= 4 is 23.4 Å². The van der Waals surface area contributed by atoms with Crippen LogP contribution < -0.4 is 10.6 Å². The molecule has 3 heterocycles. The van der Waals surface area contributed by atoms with Gasteiger partial charge in [0.1, 0.15) is 24.8 Å². The lowest BCUT2D eigenvalue weighted by atomic mass is 9.87. The van der Waals surface area contributed by atoms with Crippen molar-refractivity contribution in [1.82, 2.24) is 15.1 Å². The normalized spacial score (nSPS) is 37.2. The fourth-order valence-corrected chi connectivity index (χ4v) is 8.42. The van der Waals surface area contributed by atoms with Gasteiger partial charge in [-0.3, -0.25) is 19.8 Å². The van der Waals surface area contributed by atoms with Crippen LogP contribution in [0.4, 0.5) is 18.9 Å². The number of rotatable bonds is 7. The fraction of sp³-hybridized carbons (Fsp3) is 0.735. The van der Waals surface area contributed by atoms with Crippen molar-refractivity contribution in [2.75, 3.05) is 52.8 Å². The van der Waals surface area contributed by atoms with Crippen LogP contribution in [0.5, 0.6) is 0 Å². The average molecular weight is 665 g/mol. The summed E-state index contributed by atoms with van der Waals surface area (Å²) in [5.41, 5.74) is -2.06. The minimum atomic E-state index is -2.37. The lowest BCUT2D eigenvalue weighted by molar-refractivity contribution is -0.868. The average Bonchev–Trinajstić information content (AvgIpc) is 3.92. The van der Waals surface area contributed by atoms with Crippen LogP contribution in [0.3, 0.4) is 0 Å². The van der Waals surface area contributed by atoms with Crippen molar-refractivity contribution in [1.29, 1.82) is 0 Å². The molecule has 0 aromatic heterocycles. The Labute approximate surface area is 274 Å². The number of nitrogens with zero attached hydrogens (tertiary/aromatic N) is 3. The predicted octanol–water partition coefficient (Wildman–Crippen LogP) is 2.56. The van der Waals surface area contributed by atoms with E-state index >= 15 is 8.78 Å². The van der Waals surface area contributed by atoms with E-state index in [0.717, 1.165) is 25.7 Å². The molecule has 0 radical (unpaired) electrons. The van der Waals surface area contributed by atoms with E-state index in [4.69, 9.17) is 4.74 Å². The summed E-state index contributed by atoms with van der Waals surface area (Å²) in [6, 6.07) is 0.316. The summed E-state index contributed by atoms with van der Waals surface area (Å²) >= 11 is 0. The van der Waals surface area contributed by atoms with Crippen LogP contribution in [-0.2, 0) is 19.1 Å². The van der Waals surface area contributed by atoms with Gasteiger partial charge < -0.3 is 20.1 Å². The van der Waals surface area contributed by atoms with Gasteiger partial charge in [-0.2, -0.15) is 0 Å². The van der Waals surface area contributed by atoms with Gasteiger partial charge in [0.15, 0.2) is 12.1 Å². The molecule has 1 aromatic rings. The number of carbonyl (C=O) groups excluding carboxylic acids is 3. The number of aliphatic hydroxyl groups is 1. The Kier molecular flexibility index (Phi) is 9.27. The first-order valence-corrected chi connectivity index (χ1v) is 17.0. The number of methoxy groups -OCH3 is 1. The molecule has 3 aliphatic heterocycles. The van der Waals surface area contributed by atoms with Gasteiger partial charge in [0.05, 0.1) is 24.8 Å². The standard InChI is InChI=1S/C34H48F3N5O5/c1-18-22-10-11-25(24(36)14-22)38-30(43)28(27(20-6-7-20)21-8-9-21)39-33(46)34(37)15-26(34)42(4,32(45)19(2)47-5)29(18)31(44)41-13-12-40(3)23(16-35)17-41/h10-11,14,18-21,23,26-29,33,39,46H,6-9,12-13,15-17H2,1-5H3/p+1/t18-,19-,23?,26?,28-,29+,33?,34?,42?/m0/s1. The van der Waals surface area contributed by atoms with E-state index in [1.54, 1.807) is 20.0 Å². The van der Waals surface area contributed by atoms with Crippen LogP contribution in [0.25, 0.3) is 0 Å². The minimum Gasteiger partial charge on any atom is -0.375 e. The zero-order valence-electron chi connectivity index (χ0n) is 27.9. The maximum atomic E-state index is 17.2. The molecule has 260 valence electrons. The third-order valence-corrected chi connectivity index (χ3v) is 11.9. The first kappa shape index (κ1) is 34.3. The number of benzene rings is 1. The summed E-state index contributed by atoms with van der Waals surface area (Å²) < 4.78 is 51.7. The molecule has 0 spiro atoms. The Morgan fingerprint density at radius 2 is 1.85 bits per heavy atom. The largest absolute Gasteiger partial charge is 0.375 e. The number of quaternary nitrogens is 1. The zero-order chi connectivity index (χ0) is 34.0. The molecule has 10 nitrogen and oxygen atoms in total. The van der Waals surface area contributed by atoms with Crippen molar-refractivity contribution in [2.45, 2.75) is 94.0 Å². The Morgan fingerprint density at radius 1 is 1.19 bits per heavy atom. The van der Waals surface area contributed by atoms with Gasteiger partial charge in [-0.25, -0.2) is 22.4 Å². The summed E-state index contributed by atoms with van der Waals surface area (Å²) in [6.07, 6.45) is 0.537. The smallest absolute Gasteiger partial charge is 0.343 e. The van der Waals surface area contributed by atoms with Crippen LogP contribution in [0, 0.1) is 23.6 Å². The van der Waals surface area contributed by atoms with Crippen molar-refractivity contribution in [2.24, 2.45) is 17.8 Å². The summed E-state index contributed by atoms with van der Waals surface area (Å²) in [5, 5.41) is 17.2. The summed E-state index contributed by atoms with van der Waals surface area (Å²) in [5.74, 6) is -2.83. The molecule has 3 saturated carbocycles. The summed E-state index contributed by atoms with van der Waals surface area (Å²) in [4.78, 5) is 46.3. The number of alkyl halides is 2. The fourth-order valence-electron chi connectivity index (χ4n) is 8.42. The van der Waals surface area contributed by atoms with E-state index in [2.05, 4.69) is 10.6 Å². The topological polar surface area (TPSA) is 111 Å². The highest BCUT2D eigenvalue weighted by Gasteiger charge is 2.75. The molecule has 5 unspecified atom stereocenters.